The second-order valence-electron chi connectivity index (χ2n) is 16.8. The number of furan rings is 1. The van der Waals surface area contributed by atoms with Crippen LogP contribution in [0.1, 0.15) is 101 Å². The van der Waals surface area contributed by atoms with E-state index in [0.29, 0.717) is 5.56 Å². The second kappa shape index (κ2) is 9.90. The number of hydrogen-bond acceptors (Lipinski definition) is 3. The molecule has 0 N–H and O–H groups in total. The number of aromatic nitrogens is 1. The molecule has 11 aromatic rings. The van der Waals surface area contributed by atoms with Crippen LogP contribution in [-0.2, 0) is 0 Å². The topological polar surface area (TPSA) is 58.4 Å². The summed E-state index contributed by atoms with van der Waals surface area (Å²) in [6.07, 6.45) is 0. The quantitative estimate of drug-likeness (QED) is 0.156. The van der Waals surface area contributed by atoms with Crippen molar-refractivity contribution in [3.05, 3.63) is 218 Å². The van der Waals surface area contributed by atoms with Gasteiger partial charge in [0, 0.05) is 55.6 Å². The Morgan fingerprint density at radius 1 is 0.466 bits per heavy atom. The molecule has 0 radical (unpaired) electrons. The fourth-order valence-corrected chi connectivity index (χ4v) is 12.4. The van der Waals surface area contributed by atoms with Crippen LogP contribution >= 0.6 is 0 Å². The van der Waals surface area contributed by atoms with E-state index in [1.165, 1.54) is 44.3 Å². The Hall–Kier alpha value is -7.48. The van der Waals surface area contributed by atoms with Gasteiger partial charge in [-0.25, -0.2) is 0 Å². The van der Waals surface area contributed by atoms with Gasteiger partial charge in [-0.15, -0.1) is 0 Å². The molecule has 0 fully saturated rings. The minimum atomic E-state index is -0.366. The zero-order valence-corrected chi connectivity index (χ0v) is 30.9. The molecule has 6 aliphatic rings. The largest absolute Gasteiger partial charge is 0.456 e. The van der Waals surface area contributed by atoms with E-state index in [1.54, 1.807) is 0 Å². The van der Waals surface area contributed by atoms with Crippen LogP contribution < -0.4 is 0 Å². The fourth-order valence-electron chi connectivity index (χ4n) is 12.4. The van der Waals surface area contributed by atoms with Crippen LogP contribution in [-0.4, -0.2) is 10.2 Å². The second-order valence-corrected chi connectivity index (χ2v) is 16.8. The van der Waals surface area contributed by atoms with Crippen molar-refractivity contribution in [2.45, 2.75) is 23.7 Å². The van der Waals surface area contributed by atoms with Gasteiger partial charge in [0.15, 0.2) is 5.78 Å². The molecule has 0 atom stereocenters. The Labute approximate surface area is 331 Å². The van der Waals surface area contributed by atoms with Crippen molar-refractivity contribution in [1.82, 2.24) is 4.40 Å². The Balaban J connectivity index is 1.16. The highest BCUT2D eigenvalue weighted by Crippen LogP contribution is 2.61. The standard InChI is InChI=1S/C54H28N2O2/c55-25-26-21-41-50(51-44(26)46-29-13-3-5-15-31(29)47(51)32-16-6-4-14-30(32)46)52-49-35-19-9-10-20-42(35)58-43(49)24-38-36-22-37-39(23-40(36)56(41)53(38)52)54(57)48-33-17-7-1-11-27(33)45(37)28-12-2-8-18-34(28)48/h1-24,45-48H. The number of hydrogen-bond donors (Lipinski definition) is 0. The van der Waals surface area contributed by atoms with Gasteiger partial charge in [-0.2, -0.15) is 5.26 Å². The number of para-hydroxylation sites is 1. The first-order chi connectivity index (χ1) is 28.7. The average Bonchev–Trinajstić information content (AvgIpc) is 3.88. The van der Waals surface area contributed by atoms with E-state index < -0.39 is 0 Å². The summed E-state index contributed by atoms with van der Waals surface area (Å²) in [5.74, 6) is -0.381. The first kappa shape index (κ1) is 29.8. The highest BCUT2D eigenvalue weighted by molar-refractivity contribution is 6.36. The number of rotatable bonds is 0. The summed E-state index contributed by atoms with van der Waals surface area (Å²) >= 11 is 0. The maximum atomic E-state index is 15.2. The SMILES string of the molecule is N#Cc1cc2c(c3c1C1c4ccccc4C3c3ccccc31)c1c3c(cc4c5cc6c(cc5n2c41)C(=O)C1c2ccccc2C6c2ccccc21)oc1ccccc13. The van der Waals surface area contributed by atoms with Gasteiger partial charge >= 0.3 is 0 Å². The van der Waals surface area contributed by atoms with Gasteiger partial charge in [0.2, 0.25) is 0 Å². The van der Waals surface area contributed by atoms with Gasteiger partial charge in [0.1, 0.15) is 11.2 Å². The molecule has 4 bridgehead atoms. The summed E-state index contributed by atoms with van der Waals surface area (Å²) in [6, 6.07) is 54.7. The van der Waals surface area contributed by atoms with Gasteiger partial charge in [-0.1, -0.05) is 115 Å². The van der Waals surface area contributed by atoms with E-state index in [4.69, 9.17) is 4.42 Å². The maximum Gasteiger partial charge on any atom is 0.175 e. The van der Waals surface area contributed by atoms with Gasteiger partial charge < -0.3 is 8.82 Å². The molecule has 58 heavy (non-hydrogen) atoms. The number of Topliss-reactive ketones (excluding diaryl/α,β-unsaturated/α-hetero) is 1. The van der Waals surface area contributed by atoms with Crippen molar-refractivity contribution in [1.29, 1.82) is 5.26 Å². The van der Waals surface area contributed by atoms with E-state index in [-0.39, 0.29) is 29.5 Å². The van der Waals surface area contributed by atoms with Crippen LogP contribution in [0.15, 0.2) is 150 Å². The van der Waals surface area contributed by atoms with Crippen LogP contribution in [0.5, 0.6) is 0 Å². The minimum absolute atomic E-state index is 0.0423. The molecule has 0 spiro atoms. The van der Waals surface area contributed by atoms with Crippen molar-refractivity contribution in [2.75, 3.05) is 0 Å². The third kappa shape index (κ3) is 3.18. The average molecular weight is 737 g/mol. The highest BCUT2D eigenvalue weighted by atomic mass is 16.3. The van der Waals surface area contributed by atoms with E-state index in [0.717, 1.165) is 82.5 Å². The van der Waals surface area contributed by atoms with Crippen LogP contribution in [0.2, 0.25) is 0 Å². The summed E-state index contributed by atoms with van der Waals surface area (Å²) in [7, 11) is 0. The lowest BCUT2D eigenvalue weighted by Gasteiger charge is -2.43. The molecule has 3 aromatic heterocycles. The lowest BCUT2D eigenvalue weighted by atomic mass is 9.59. The van der Waals surface area contributed by atoms with E-state index >= 15 is 4.79 Å². The van der Waals surface area contributed by atoms with Gasteiger partial charge in [-0.3, -0.25) is 4.79 Å². The van der Waals surface area contributed by atoms with Crippen molar-refractivity contribution >= 4 is 65.8 Å². The van der Waals surface area contributed by atoms with E-state index in [1.807, 2.05) is 6.07 Å². The molecular formula is C54H28N2O2. The lowest BCUT2D eigenvalue weighted by Crippen LogP contribution is -2.28. The Morgan fingerprint density at radius 3 is 1.64 bits per heavy atom. The smallest absolute Gasteiger partial charge is 0.175 e. The van der Waals surface area contributed by atoms with Crippen LogP contribution in [0.3, 0.4) is 0 Å². The molecule has 0 amide bonds. The van der Waals surface area contributed by atoms with Crippen molar-refractivity contribution in [2.24, 2.45) is 0 Å². The summed E-state index contributed by atoms with van der Waals surface area (Å²) in [4.78, 5) is 15.2. The molecule has 0 saturated heterocycles. The number of nitriles is 1. The fraction of sp³-hybridized carbons (Fsp3) is 0.0741. The van der Waals surface area contributed by atoms with Gasteiger partial charge in [-0.05, 0) is 91.5 Å². The highest BCUT2D eigenvalue weighted by Gasteiger charge is 2.46. The molecular weight excluding hydrogens is 709 g/mol. The number of fused-ring (bicyclic) bond motifs is 10. The molecule has 17 rings (SSSR count). The number of carbonyl (C=O) groups is 1. The number of benzene rings is 8. The van der Waals surface area contributed by atoms with Crippen LogP contribution in [0, 0.1) is 11.3 Å². The normalized spacial score (nSPS) is 19.4. The predicted molar refractivity (Wildman–Crippen MR) is 228 cm³/mol. The molecule has 3 heterocycles. The summed E-state index contributed by atoms with van der Waals surface area (Å²) < 4.78 is 9.19. The zero-order chi connectivity index (χ0) is 37.7. The first-order valence-corrected chi connectivity index (χ1v) is 20.2. The predicted octanol–water partition coefficient (Wildman–Crippen LogP) is 12.4. The molecule has 4 heteroatoms. The molecule has 266 valence electrons. The zero-order valence-electron chi connectivity index (χ0n) is 30.9. The van der Waals surface area contributed by atoms with Gasteiger partial charge in [0.05, 0.1) is 34.1 Å². The lowest BCUT2D eigenvalue weighted by molar-refractivity contribution is 0.0974. The van der Waals surface area contributed by atoms with E-state index in [2.05, 4.69) is 150 Å². The summed E-state index contributed by atoms with van der Waals surface area (Å²) in [5.41, 5.74) is 19.5. The molecule has 0 saturated carbocycles. The monoisotopic (exact) mass is 736 g/mol. The number of carbonyl (C=O) groups excluding carboxylic acids is 1. The summed E-state index contributed by atoms with van der Waals surface area (Å²) in [6.45, 7) is 0. The van der Waals surface area contributed by atoms with E-state index in [9.17, 15) is 5.26 Å². The van der Waals surface area contributed by atoms with Crippen LogP contribution in [0.25, 0.3) is 60.0 Å². The number of nitrogens with zero attached hydrogens (tertiary/aromatic N) is 2. The molecule has 4 nitrogen and oxygen atoms in total. The summed E-state index contributed by atoms with van der Waals surface area (Å²) in [5, 5.41) is 17.8. The molecule has 0 unspecified atom stereocenters. The Morgan fingerprint density at radius 2 is 1.02 bits per heavy atom. The Kier molecular flexibility index (Phi) is 5.08. The first-order valence-electron chi connectivity index (χ1n) is 20.2. The molecule has 6 aliphatic carbocycles. The third-order valence-corrected chi connectivity index (χ3v) is 14.4. The maximum absolute atomic E-state index is 15.2. The van der Waals surface area contributed by atoms with Crippen molar-refractivity contribution in [3.8, 4) is 6.07 Å². The Bertz CT molecular complexity index is 3720. The molecule has 0 aliphatic heterocycles. The van der Waals surface area contributed by atoms with Crippen LogP contribution in [0.4, 0.5) is 0 Å². The number of ketones is 1. The van der Waals surface area contributed by atoms with Crippen molar-refractivity contribution in [3.63, 3.8) is 0 Å². The van der Waals surface area contributed by atoms with Gasteiger partial charge in [0.25, 0.3) is 0 Å². The minimum Gasteiger partial charge on any atom is -0.456 e. The third-order valence-electron chi connectivity index (χ3n) is 14.4. The van der Waals surface area contributed by atoms with Crippen molar-refractivity contribution < 1.29 is 9.21 Å². The molecule has 8 aromatic carbocycles.